The van der Waals surface area contributed by atoms with Gasteiger partial charge in [0.2, 0.25) is 0 Å². The average molecular weight is 355 g/mol. The molecule has 1 saturated heterocycles. The van der Waals surface area contributed by atoms with Crippen molar-refractivity contribution < 1.29 is 4.74 Å². The molecule has 1 aliphatic rings. The maximum atomic E-state index is 5.02. The summed E-state index contributed by atoms with van der Waals surface area (Å²) in [7, 11) is 3.59. The number of nitrogens with one attached hydrogen (secondary N) is 1. The van der Waals surface area contributed by atoms with Crippen molar-refractivity contribution in [3.8, 4) is 0 Å². The highest BCUT2D eigenvalue weighted by atomic mass is 127. The molecule has 5 heteroatoms. The van der Waals surface area contributed by atoms with E-state index in [2.05, 4.69) is 22.1 Å². The highest BCUT2D eigenvalue weighted by molar-refractivity contribution is 14.0. The van der Waals surface area contributed by atoms with Gasteiger partial charge in [-0.1, -0.05) is 6.92 Å². The number of ether oxygens (including phenoxy) is 1. The van der Waals surface area contributed by atoms with Gasteiger partial charge in [0.1, 0.15) is 0 Å². The molecule has 1 heterocycles. The SMILES string of the molecule is CN=C(NCCCOC)N1CCC(C)CC1.I. The van der Waals surface area contributed by atoms with Crippen LogP contribution in [0.4, 0.5) is 0 Å². The maximum Gasteiger partial charge on any atom is 0.193 e. The van der Waals surface area contributed by atoms with Crippen molar-refractivity contribution in [1.82, 2.24) is 10.2 Å². The van der Waals surface area contributed by atoms with Crippen LogP contribution in [0.2, 0.25) is 0 Å². The normalized spacial score (nSPS) is 17.8. The van der Waals surface area contributed by atoms with E-state index in [1.807, 2.05) is 7.05 Å². The van der Waals surface area contributed by atoms with E-state index in [9.17, 15) is 0 Å². The van der Waals surface area contributed by atoms with E-state index < -0.39 is 0 Å². The van der Waals surface area contributed by atoms with Gasteiger partial charge in [0.25, 0.3) is 0 Å². The summed E-state index contributed by atoms with van der Waals surface area (Å²) in [5.74, 6) is 1.91. The van der Waals surface area contributed by atoms with E-state index in [-0.39, 0.29) is 24.0 Å². The minimum Gasteiger partial charge on any atom is -0.385 e. The summed E-state index contributed by atoms with van der Waals surface area (Å²) in [6.07, 6.45) is 3.58. The average Bonchev–Trinajstić information content (AvgIpc) is 2.31. The molecule has 0 aliphatic carbocycles. The van der Waals surface area contributed by atoms with E-state index in [0.29, 0.717) is 0 Å². The zero-order chi connectivity index (χ0) is 11.8. The molecule has 0 radical (unpaired) electrons. The largest absolute Gasteiger partial charge is 0.385 e. The number of piperidine rings is 1. The van der Waals surface area contributed by atoms with Gasteiger partial charge in [-0.2, -0.15) is 0 Å². The van der Waals surface area contributed by atoms with Crippen LogP contribution in [0, 0.1) is 5.92 Å². The van der Waals surface area contributed by atoms with Crippen molar-refractivity contribution in [2.75, 3.05) is 40.4 Å². The number of nitrogens with zero attached hydrogens (tertiary/aromatic N) is 2. The first kappa shape index (κ1) is 17.0. The van der Waals surface area contributed by atoms with Crippen LogP contribution in [-0.4, -0.2) is 51.3 Å². The predicted molar refractivity (Wildman–Crippen MR) is 83.2 cm³/mol. The number of hydrogen-bond acceptors (Lipinski definition) is 2. The Balaban J connectivity index is 0.00000256. The standard InChI is InChI=1S/C12H25N3O.HI/c1-11-5-8-15(9-6-11)12(13-2)14-7-4-10-16-3;/h11H,4-10H2,1-3H3,(H,13,14);1H. The summed E-state index contributed by atoms with van der Waals surface area (Å²) in [4.78, 5) is 6.68. The Kier molecular flexibility index (Phi) is 9.91. The van der Waals surface area contributed by atoms with Gasteiger partial charge >= 0.3 is 0 Å². The topological polar surface area (TPSA) is 36.9 Å². The maximum absolute atomic E-state index is 5.02. The van der Waals surface area contributed by atoms with Crippen molar-refractivity contribution in [3.05, 3.63) is 0 Å². The number of methoxy groups -OCH3 is 1. The molecule has 0 bridgehead atoms. The zero-order valence-electron chi connectivity index (χ0n) is 11.2. The summed E-state index contributed by atoms with van der Waals surface area (Å²) in [6.45, 7) is 6.33. The number of aliphatic imine (C=N–C) groups is 1. The summed E-state index contributed by atoms with van der Waals surface area (Å²) in [5.41, 5.74) is 0. The molecule has 1 rings (SSSR count). The van der Waals surface area contributed by atoms with Crippen LogP contribution in [0.15, 0.2) is 4.99 Å². The quantitative estimate of drug-likeness (QED) is 0.363. The highest BCUT2D eigenvalue weighted by Crippen LogP contribution is 2.15. The van der Waals surface area contributed by atoms with E-state index in [0.717, 1.165) is 44.5 Å². The molecule has 0 aromatic carbocycles. The second-order valence-electron chi connectivity index (χ2n) is 4.49. The van der Waals surface area contributed by atoms with Crippen LogP contribution in [0.5, 0.6) is 0 Å². The summed E-state index contributed by atoms with van der Waals surface area (Å²) < 4.78 is 5.02. The van der Waals surface area contributed by atoms with Crippen LogP contribution >= 0.6 is 24.0 Å². The molecular formula is C12H26IN3O. The number of halogens is 1. The van der Waals surface area contributed by atoms with Crippen molar-refractivity contribution in [2.45, 2.75) is 26.2 Å². The Morgan fingerprint density at radius 2 is 2.06 bits per heavy atom. The van der Waals surface area contributed by atoms with Crippen LogP contribution in [0.1, 0.15) is 26.2 Å². The lowest BCUT2D eigenvalue weighted by Gasteiger charge is -2.32. The van der Waals surface area contributed by atoms with Crippen molar-refractivity contribution in [2.24, 2.45) is 10.9 Å². The molecule has 1 fully saturated rings. The molecule has 0 atom stereocenters. The lowest BCUT2D eigenvalue weighted by Crippen LogP contribution is -2.45. The third-order valence-electron chi connectivity index (χ3n) is 3.10. The van der Waals surface area contributed by atoms with Gasteiger partial charge in [0, 0.05) is 40.4 Å². The Labute approximate surface area is 122 Å². The van der Waals surface area contributed by atoms with E-state index in [1.54, 1.807) is 7.11 Å². The van der Waals surface area contributed by atoms with Crippen molar-refractivity contribution >= 4 is 29.9 Å². The fourth-order valence-corrected chi connectivity index (χ4v) is 1.97. The zero-order valence-corrected chi connectivity index (χ0v) is 13.6. The lowest BCUT2D eigenvalue weighted by atomic mass is 10.00. The van der Waals surface area contributed by atoms with E-state index in [1.165, 1.54) is 12.8 Å². The van der Waals surface area contributed by atoms with Crippen LogP contribution in [-0.2, 0) is 4.74 Å². The number of hydrogen-bond donors (Lipinski definition) is 1. The molecule has 17 heavy (non-hydrogen) atoms. The van der Waals surface area contributed by atoms with Crippen LogP contribution in [0.3, 0.4) is 0 Å². The predicted octanol–water partition coefficient (Wildman–Crippen LogP) is 1.95. The van der Waals surface area contributed by atoms with Gasteiger partial charge in [0.05, 0.1) is 0 Å². The minimum absolute atomic E-state index is 0. The molecule has 0 saturated carbocycles. The Morgan fingerprint density at radius 1 is 1.41 bits per heavy atom. The first-order valence-electron chi connectivity index (χ1n) is 6.22. The molecule has 0 amide bonds. The Bertz CT molecular complexity index is 216. The number of guanidine groups is 1. The number of rotatable bonds is 4. The van der Waals surface area contributed by atoms with Crippen LogP contribution < -0.4 is 5.32 Å². The molecule has 1 aliphatic heterocycles. The van der Waals surface area contributed by atoms with Crippen molar-refractivity contribution in [3.63, 3.8) is 0 Å². The fourth-order valence-electron chi connectivity index (χ4n) is 1.97. The van der Waals surface area contributed by atoms with Gasteiger partial charge in [-0.3, -0.25) is 4.99 Å². The molecule has 1 N–H and O–H groups in total. The molecule has 0 aromatic rings. The van der Waals surface area contributed by atoms with E-state index in [4.69, 9.17) is 4.74 Å². The van der Waals surface area contributed by atoms with Gasteiger partial charge in [-0.25, -0.2) is 0 Å². The first-order valence-corrected chi connectivity index (χ1v) is 6.22. The molecular weight excluding hydrogens is 329 g/mol. The fraction of sp³-hybridized carbons (Fsp3) is 0.917. The van der Waals surface area contributed by atoms with Crippen LogP contribution in [0.25, 0.3) is 0 Å². The van der Waals surface area contributed by atoms with Gasteiger partial charge in [-0.15, -0.1) is 24.0 Å². The second kappa shape index (κ2) is 9.94. The minimum atomic E-state index is 0. The molecule has 102 valence electrons. The Morgan fingerprint density at radius 3 is 2.59 bits per heavy atom. The smallest absolute Gasteiger partial charge is 0.193 e. The van der Waals surface area contributed by atoms with E-state index >= 15 is 0 Å². The monoisotopic (exact) mass is 355 g/mol. The molecule has 0 spiro atoms. The third kappa shape index (κ3) is 6.45. The van der Waals surface area contributed by atoms with Crippen molar-refractivity contribution in [1.29, 1.82) is 0 Å². The lowest BCUT2D eigenvalue weighted by molar-refractivity contribution is 0.195. The third-order valence-corrected chi connectivity index (χ3v) is 3.10. The number of likely N-dealkylation sites (tertiary alicyclic amines) is 1. The molecule has 4 nitrogen and oxygen atoms in total. The molecule has 0 aromatic heterocycles. The second-order valence-corrected chi connectivity index (χ2v) is 4.49. The molecule has 0 unspecified atom stereocenters. The summed E-state index contributed by atoms with van der Waals surface area (Å²) >= 11 is 0. The van der Waals surface area contributed by atoms with Gasteiger partial charge in [-0.05, 0) is 25.2 Å². The first-order chi connectivity index (χ1) is 7.77. The highest BCUT2D eigenvalue weighted by Gasteiger charge is 2.17. The van der Waals surface area contributed by atoms with Gasteiger partial charge in [0.15, 0.2) is 5.96 Å². The Hall–Kier alpha value is -0.0400. The van der Waals surface area contributed by atoms with Gasteiger partial charge < -0.3 is 15.0 Å². The summed E-state index contributed by atoms with van der Waals surface area (Å²) in [5, 5.41) is 3.38. The summed E-state index contributed by atoms with van der Waals surface area (Å²) in [6, 6.07) is 0.